The molecule has 0 unspecified atom stereocenters. The number of amides is 1. The first-order chi connectivity index (χ1) is 12.5. The number of halogens is 2. The Morgan fingerprint density at radius 1 is 1.41 bits per heavy atom. The van der Waals surface area contributed by atoms with Gasteiger partial charge in [-0.15, -0.1) is 0 Å². The number of hydrogen-bond donors (Lipinski definition) is 2. The van der Waals surface area contributed by atoms with Gasteiger partial charge in [0.05, 0.1) is 17.6 Å². The number of imidazole rings is 1. The quantitative estimate of drug-likeness (QED) is 0.725. The molecule has 1 aromatic heterocycles. The predicted molar refractivity (Wildman–Crippen MR) is 103 cm³/mol. The van der Waals surface area contributed by atoms with E-state index < -0.39 is 23.5 Å². The highest BCUT2D eigenvalue weighted by atomic mass is 79.9. The smallest absolute Gasteiger partial charge is 0.407 e. The van der Waals surface area contributed by atoms with E-state index in [9.17, 15) is 19.1 Å². The molecule has 0 atom stereocenters. The molecule has 0 saturated carbocycles. The Balaban J connectivity index is 2.16. The number of nitrogens with one attached hydrogen (secondary N) is 1. The zero-order chi connectivity index (χ0) is 20.4. The Morgan fingerprint density at radius 2 is 2.07 bits per heavy atom. The second kappa shape index (κ2) is 8.08. The van der Waals surface area contributed by atoms with Crippen LogP contribution in [0.25, 0.3) is 11.0 Å². The number of nitrogens with zero attached hydrogens (tertiary/aromatic N) is 2. The number of aromatic nitrogens is 2. The molecule has 0 saturated heterocycles. The standard InChI is InChI=1S/C18H21BrFN3O4/c1-10-22-15-13(19)7-11(16(24)25)8-14(15)23(10)9-12(20)5-6-21-17(26)27-18(2,3)4/h5,7-8H,6,9H2,1-4H3,(H,21,26)(H,24,25)/b12-5-. The van der Waals surface area contributed by atoms with Crippen LogP contribution in [-0.4, -0.2) is 38.9 Å². The van der Waals surface area contributed by atoms with E-state index in [0.29, 0.717) is 21.3 Å². The van der Waals surface area contributed by atoms with Crippen LogP contribution in [0, 0.1) is 6.92 Å². The Kier molecular flexibility index (Phi) is 6.25. The van der Waals surface area contributed by atoms with Gasteiger partial charge in [0, 0.05) is 11.0 Å². The SMILES string of the molecule is Cc1nc2c(Br)cc(C(=O)O)cc2n1C/C(F)=C/CNC(=O)OC(C)(C)C. The molecule has 9 heteroatoms. The number of rotatable bonds is 5. The minimum absolute atomic E-state index is 0.0313. The van der Waals surface area contributed by atoms with E-state index in [4.69, 9.17) is 4.74 Å². The molecular weight excluding hydrogens is 421 g/mol. The van der Waals surface area contributed by atoms with Gasteiger partial charge in [0.25, 0.3) is 0 Å². The van der Waals surface area contributed by atoms with Crippen molar-refractivity contribution in [2.45, 2.75) is 39.8 Å². The first-order valence-corrected chi connectivity index (χ1v) is 8.98. The fraction of sp³-hybridized carbons (Fsp3) is 0.389. The van der Waals surface area contributed by atoms with E-state index in [2.05, 4.69) is 26.2 Å². The Morgan fingerprint density at radius 3 is 2.67 bits per heavy atom. The van der Waals surface area contributed by atoms with E-state index in [-0.39, 0.29) is 18.7 Å². The fourth-order valence-electron chi connectivity index (χ4n) is 2.40. The second-order valence-corrected chi connectivity index (χ2v) is 7.76. The lowest BCUT2D eigenvalue weighted by atomic mass is 10.2. The largest absolute Gasteiger partial charge is 0.478 e. The summed E-state index contributed by atoms with van der Waals surface area (Å²) in [6.45, 7) is 6.75. The zero-order valence-electron chi connectivity index (χ0n) is 15.5. The fourth-order valence-corrected chi connectivity index (χ4v) is 2.93. The van der Waals surface area contributed by atoms with Crippen molar-refractivity contribution >= 4 is 39.0 Å². The van der Waals surface area contributed by atoms with Crippen molar-refractivity contribution in [1.29, 1.82) is 0 Å². The van der Waals surface area contributed by atoms with Crippen LogP contribution in [-0.2, 0) is 11.3 Å². The van der Waals surface area contributed by atoms with Gasteiger partial charge in [0.15, 0.2) is 0 Å². The van der Waals surface area contributed by atoms with Crippen molar-refractivity contribution < 1.29 is 23.8 Å². The average Bonchev–Trinajstić information content (AvgIpc) is 2.82. The average molecular weight is 442 g/mol. The van der Waals surface area contributed by atoms with Crippen molar-refractivity contribution in [3.8, 4) is 0 Å². The summed E-state index contributed by atoms with van der Waals surface area (Å²) in [5.41, 5.74) is 0.501. The molecule has 0 aliphatic carbocycles. The third-order valence-corrected chi connectivity index (χ3v) is 4.13. The molecule has 27 heavy (non-hydrogen) atoms. The molecule has 7 nitrogen and oxygen atoms in total. The highest BCUT2D eigenvalue weighted by Gasteiger charge is 2.17. The van der Waals surface area contributed by atoms with Crippen LogP contribution in [0.1, 0.15) is 37.0 Å². The summed E-state index contributed by atoms with van der Waals surface area (Å²) in [6.07, 6.45) is 0.594. The number of ether oxygens (including phenoxy) is 1. The van der Waals surface area contributed by atoms with Gasteiger partial charge in [-0.3, -0.25) is 0 Å². The van der Waals surface area contributed by atoms with Crippen LogP contribution in [0.3, 0.4) is 0 Å². The molecule has 146 valence electrons. The van der Waals surface area contributed by atoms with Gasteiger partial charge in [-0.1, -0.05) is 0 Å². The lowest BCUT2D eigenvalue weighted by Gasteiger charge is -2.19. The van der Waals surface area contributed by atoms with Crippen molar-refractivity contribution in [3.05, 3.63) is 39.9 Å². The summed E-state index contributed by atoms with van der Waals surface area (Å²) in [6, 6.07) is 2.91. The van der Waals surface area contributed by atoms with E-state index in [1.54, 1.807) is 32.3 Å². The van der Waals surface area contributed by atoms with Crippen LogP contribution in [0.2, 0.25) is 0 Å². The van der Waals surface area contributed by atoms with E-state index >= 15 is 0 Å². The summed E-state index contributed by atoms with van der Waals surface area (Å²) in [5.74, 6) is -1.04. The number of allylic oxidation sites excluding steroid dienone is 1. The minimum Gasteiger partial charge on any atom is -0.478 e. The second-order valence-electron chi connectivity index (χ2n) is 6.91. The third kappa shape index (κ3) is 5.53. The zero-order valence-corrected chi connectivity index (χ0v) is 17.1. The normalized spacial score (nSPS) is 12.3. The molecule has 0 aliphatic rings. The Bertz CT molecular complexity index is 915. The number of fused-ring (bicyclic) bond motifs is 1. The first kappa shape index (κ1) is 20.9. The highest BCUT2D eigenvalue weighted by Crippen LogP contribution is 2.27. The summed E-state index contributed by atoms with van der Waals surface area (Å²) in [4.78, 5) is 27.2. The maximum absolute atomic E-state index is 14.3. The molecule has 0 spiro atoms. The number of aryl methyl sites for hydroxylation is 1. The summed E-state index contributed by atoms with van der Waals surface area (Å²) < 4.78 is 21.5. The first-order valence-electron chi connectivity index (χ1n) is 8.19. The predicted octanol–water partition coefficient (Wildman–Crippen LogP) is 4.18. The number of benzene rings is 1. The van der Waals surface area contributed by atoms with E-state index in [1.807, 2.05) is 0 Å². The van der Waals surface area contributed by atoms with Crippen molar-refractivity contribution in [1.82, 2.24) is 14.9 Å². The van der Waals surface area contributed by atoms with Gasteiger partial charge in [0.2, 0.25) is 0 Å². The highest BCUT2D eigenvalue weighted by molar-refractivity contribution is 9.10. The molecule has 2 aromatic rings. The molecule has 1 aromatic carbocycles. The van der Waals surface area contributed by atoms with Gasteiger partial charge in [-0.25, -0.2) is 19.0 Å². The lowest BCUT2D eigenvalue weighted by Crippen LogP contribution is -2.32. The number of aromatic carboxylic acids is 1. The number of carbonyl (C=O) groups excluding carboxylic acids is 1. The molecule has 0 bridgehead atoms. The van der Waals surface area contributed by atoms with Crippen LogP contribution < -0.4 is 5.32 Å². The third-order valence-electron chi connectivity index (χ3n) is 3.52. The van der Waals surface area contributed by atoms with E-state index in [1.165, 1.54) is 18.2 Å². The minimum atomic E-state index is -1.08. The molecule has 1 heterocycles. The number of carbonyl (C=O) groups is 2. The molecule has 1 amide bonds. The molecular formula is C18H21BrFN3O4. The van der Waals surface area contributed by atoms with Crippen LogP contribution in [0.5, 0.6) is 0 Å². The van der Waals surface area contributed by atoms with Crippen LogP contribution in [0.15, 0.2) is 28.5 Å². The summed E-state index contributed by atoms with van der Waals surface area (Å²) in [7, 11) is 0. The summed E-state index contributed by atoms with van der Waals surface area (Å²) in [5, 5.41) is 11.7. The summed E-state index contributed by atoms with van der Waals surface area (Å²) >= 11 is 3.30. The van der Waals surface area contributed by atoms with Gasteiger partial charge < -0.3 is 19.7 Å². The molecule has 2 N–H and O–H groups in total. The monoisotopic (exact) mass is 441 g/mol. The molecule has 2 rings (SSSR count). The van der Waals surface area contributed by atoms with Gasteiger partial charge in [-0.2, -0.15) is 0 Å². The lowest BCUT2D eigenvalue weighted by molar-refractivity contribution is 0.0533. The van der Waals surface area contributed by atoms with Gasteiger partial charge >= 0.3 is 12.1 Å². The van der Waals surface area contributed by atoms with Crippen molar-refractivity contribution in [2.75, 3.05) is 6.54 Å². The topological polar surface area (TPSA) is 93.5 Å². The number of carboxylic acid groups (broad SMARTS) is 1. The number of hydrogen-bond acceptors (Lipinski definition) is 4. The van der Waals surface area contributed by atoms with Gasteiger partial charge in [-0.05, 0) is 61.8 Å². The Hall–Kier alpha value is -2.42. The maximum atomic E-state index is 14.3. The van der Waals surface area contributed by atoms with Gasteiger partial charge in [0.1, 0.15) is 22.8 Å². The van der Waals surface area contributed by atoms with Crippen LogP contribution >= 0.6 is 15.9 Å². The molecule has 0 aliphatic heterocycles. The molecule has 0 fully saturated rings. The van der Waals surface area contributed by atoms with Crippen LogP contribution in [0.4, 0.5) is 9.18 Å². The van der Waals surface area contributed by atoms with E-state index in [0.717, 1.165) is 0 Å². The Labute approximate surface area is 164 Å². The number of alkyl carbamates (subject to hydrolysis) is 1. The maximum Gasteiger partial charge on any atom is 0.407 e. The number of carboxylic acids is 1. The van der Waals surface area contributed by atoms with Crippen molar-refractivity contribution in [3.63, 3.8) is 0 Å². The van der Waals surface area contributed by atoms with Crippen molar-refractivity contribution in [2.24, 2.45) is 0 Å². The molecule has 0 radical (unpaired) electrons.